The summed E-state index contributed by atoms with van der Waals surface area (Å²) in [5.41, 5.74) is 0.653. The van der Waals surface area contributed by atoms with E-state index in [1.165, 1.54) is 0 Å². The van der Waals surface area contributed by atoms with Crippen LogP contribution in [0.5, 0.6) is 0 Å². The molecule has 0 fully saturated rings. The van der Waals surface area contributed by atoms with Crippen LogP contribution >= 0.6 is 47.8 Å². The number of amides is 1. The zero-order valence-corrected chi connectivity index (χ0v) is 14.4. The zero-order chi connectivity index (χ0) is 13.0. The first-order valence-corrected chi connectivity index (χ1v) is 7.98. The lowest BCUT2D eigenvalue weighted by Crippen LogP contribution is -2.39. The highest BCUT2D eigenvalue weighted by Gasteiger charge is 2.17. The van der Waals surface area contributed by atoms with E-state index in [4.69, 9.17) is 0 Å². The van der Waals surface area contributed by atoms with Crippen molar-refractivity contribution in [3.63, 3.8) is 0 Å². The number of hydrogen-bond donors (Lipinski definition) is 1. The summed E-state index contributed by atoms with van der Waals surface area (Å²) in [6, 6.07) is 5.67. The number of hydrogen-bond acceptors (Lipinski definition) is 1. The maximum Gasteiger partial charge on any atom is 0.252 e. The van der Waals surface area contributed by atoms with Crippen LogP contribution in [0.15, 0.2) is 27.1 Å². The maximum absolute atomic E-state index is 12.1. The van der Waals surface area contributed by atoms with Gasteiger partial charge in [-0.3, -0.25) is 4.79 Å². The molecule has 1 aromatic rings. The number of benzene rings is 1. The van der Waals surface area contributed by atoms with Gasteiger partial charge >= 0.3 is 0 Å². The van der Waals surface area contributed by atoms with Gasteiger partial charge in [0.2, 0.25) is 0 Å². The van der Waals surface area contributed by atoms with E-state index in [1.807, 2.05) is 12.1 Å². The van der Waals surface area contributed by atoms with Gasteiger partial charge in [0.05, 0.1) is 5.56 Å². The first kappa shape index (κ1) is 15.2. The van der Waals surface area contributed by atoms with E-state index in [-0.39, 0.29) is 11.9 Å². The predicted molar refractivity (Wildman–Crippen MR) is 81.7 cm³/mol. The van der Waals surface area contributed by atoms with Crippen LogP contribution in [-0.4, -0.2) is 17.3 Å². The first-order chi connectivity index (χ1) is 7.95. The quantitative estimate of drug-likeness (QED) is 0.710. The minimum Gasteiger partial charge on any atom is -0.348 e. The van der Waals surface area contributed by atoms with Crippen molar-refractivity contribution in [2.45, 2.75) is 19.9 Å². The predicted octanol–water partition coefficient (Wildman–Crippen LogP) is 4.36. The van der Waals surface area contributed by atoms with Crippen LogP contribution in [0.25, 0.3) is 0 Å². The third kappa shape index (κ3) is 4.38. The molecule has 0 aliphatic heterocycles. The maximum atomic E-state index is 12.1. The van der Waals surface area contributed by atoms with Crippen LogP contribution in [0.4, 0.5) is 0 Å². The van der Waals surface area contributed by atoms with Gasteiger partial charge in [0, 0.05) is 20.3 Å². The van der Waals surface area contributed by atoms with Gasteiger partial charge in [-0.25, -0.2) is 0 Å². The summed E-state index contributed by atoms with van der Waals surface area (Å²) in [5.74, 6) is 0.343. The Labute approximate surface area is 127 Å². The van der Waals surface area contributed by atoms with Gasteiger partial charge in [0.15, 0.2) is 0 Å². The smallest absolute Gasteiger partial charge is 0.252 e. The molecule has 0 bridgehead atoms. The molecular formula is C12H14Br3NO. The molecule has 0 saturated carbocycles. The highest BCUT2D eigenvalue weighted by atomic mass is 79.9. The first-order valence-electron chi connectivity index (χ1n) is 5.27. The molecule has 0 spiro atoms. The van der Waals surface area contributed by atoms with E-state index in [1.54, 1.807) is 6.07 Å². The second-order valence-corrected chi connectivity index (χ2v) is 6.52. The zero-order valence-electron chi connectivity index (χ0n) is 9.64. The summed E-state index contributed by atoms with van der Waals surface area (Å²) in [7, 11) is 0. The molecule has 0 aliphatic carbocycles. The molecule has 17 heavy (non-hydrogen) atoms. The van der Waals surface area contributed by atoms with Gasteiger partial charge in [-0.15, -0.1) is 0 Å². The third-order valence-electron chi connectivity index (χ3n) is 2.46. The largest absolute Gasteiger partial charge is 0.348 e. The fourth-order valence-electron chi connectivity index (χ4n) is 1.30. The lowest BCUT2D eigenvalue weighted by molar-refractivity contribution is 0.0931. The number of carbonyl (C=O) groups is 1. The summed E-state index contributed by atoms with van der Waals surface area (Å²) < 4.78 is 1.74. The van der Waals surface area contributed by atoms with Crippen molar-refractivity contribution in [3.05, 3.63) is 32.7 Å². The van der Waals surface area contributed by atoms with Crippen molar-refractivity contribution in [3.8, 4) is 0 Å². The molecule has 1 unspecified atom stereocenters. The molecule has 0 heterocycles. The minimum atomic E-state index is -0.0532. The summed E-state index contributed by atoms with van der Waals surface area (Å²) in [6.45, 7) is 4.17. The Morgan fingerprint density at radius 3 is 2.47 bits per heavy atom. The lowest BCUT2D eigenvalue weighted by Gasteiger charge is -2.20. The average molecular weight is 428 g/mol. The Morgan fingerprint density at radius 1 is 1.35 bits per heavy atom. The standard InChI is InChI=1S/C12H14Br3NO/c1-7(2)11(6-13)16-12(17)9-4-3-8(14)5-10(9)15/h3-5,7,11H,6H2,1-2H3,(H,16,17). The summed E-state index contributed by atoms with van der Waals surface area (Å²) in [4.78, 5) is 12.1. The summed E-state index contributed by atoms with van der Waals surface area (Å²) in [6.07, 6.45) is 0. The van der Waals surface area contributed by atoms with Crippen LogP contribution in [0.3, 0.4) is 0 Å². The van der Waals surface area contributed by atoms with E-state index in [9.17, 15) is 4.79 Å². The Morgan fingerprint density at radius 2 is 2.00 bits per heavy atom. The van der Waals surface area contributed by atoms with E-state index >= 15 is 0 Å². The third-order valence-corrected chi connectivity index (χ3v) is 4.31. The number of alkyl halides is 1. The Kier molecular flexibility index (Phi) is 6.17. The summed E-state index contributed by atoms with van der Waals surface area (Å²) >= 11 is 10.2. The normalized spacial score (nSPS) is 12.6. The molecule has 0 saturated heterocycles. The fraction of sp³-hybridized carbons (Fsp3) is 0.417. The molecule has 1 rings (SSSR count). The average Bonchev–Trinajstić information content (AvgIpc) is 2.24. The van der Waals surface area contributed by atoms with Gasteiger partial charge < -0.3 is 5.32 Å². The van der Waals surface area contributed by atoms with Gasteiger partial charge in [-0.2, -0.15) is 0 Å². The number of nitrogens with one attached hydrogen (secondary N) is 1. The molecule has 0 aromatic heterocycles. The second-order valence-electron chi connectivity index (χ2n) is 4.10. The van der Waals surface area contributed by atoms with Gasteiger partial charge in [0.25, 0.3) is 5.91 Å². The van der Waals surface area contributed by atoms with Gasteiger partial charge in [-0.05, 0) is 40.0 Å². The minimum absolute atomic E-state index is 0.0532. The second kappa shape index (κ2) is 6.90. The Hall–Kier alpha value is 0.130. The number of halogens is 3. The fourth-order valence-corrected chi connectivity index (χ4v) is 3.44. The molecule has 94 valence electrons. The molecule has 1 atom stereocenters. The lowest BCUT2D eigenvalue weighted by atomic mass is 10.1. The molecule has 1 N–H and O–H groups in total. The monoisotopic (exact) mass is 425 g/mol. The summed E-state index contributed by atoms with van der Waals surface area (Å²) in [5, 5.41) is 3.77. The highest BCUT2D eigenvalue weighted by molar-refractivity contribution is 9.11. The Bertz CT molecular complexity index is 407. The van der Waals surface area contributed by atoms with Crippen LogP contribution in [0.1, 0.15) is 24.2 Å². The molecule has 2 nitrogen and oxygen atoms in total. The molecule has 0 aliphatic rings. The van der Waals surface area contributed by atoms with E-state index < -0.39 is 0 Å². The number of rotatable bonds is 4. The van der Waals surface area contributed by atoms with Crippen molar-refractivity contribution in [1.82, 2.24) is 5.32 Å². The van der Waals surface area contributed by atoms with Crippen molar-refractivity contribution in [1.29, 1.82) is 0 Å². The van der Waals surface area contributed by atoms with Crippen LogP contribution in [0.2, 0.25) is 0 Å². The molecule has 1 aromatic carbocycles. The van der Waals surface area contributed by atoms with Crippen molar-refractivity contribution in [2.24, 2.45) is 5.92 Å². The van der Waals surface area contributed by atoms with Crippen molar-refractivity contribution in [2.75, 3.05) is 5.33 Å². The Balaban J connectivity index is 2.82. The molecule has 0 radical (unpaired) electrons. The van der Waals surface area contributed by atoms with Gasteiger partial charge in [0.1, 0.15) is 0 Å². The molecule has 5 heteroatoms. The van der Waals surface area contributed by atoms with Crippen LogP contribution in [-0.2, 0) is 0 Å². The topological polar surface area (TPSA) is 29.1 Å². The van der Waals surface area contributed by atoms with E-state index in [2.05, 4.69) is 67.0 Å². The van der Waals surface area contributed by atoms with Crippen LogP contribution < -0.4 is 5.32 Å². The molecule has 1 amide bonds. The van der Waals surface area contributed by atoms with Crippen molar-refractivity contribution < 1.29 is 4.79 Å². The van der Waals surface area contributed by atoms with E-state index in [0.29, 0.717) is 11.5 Å². The van der Waals surface area contributed by atoms with Crippen LogP contribution in [0, 0.1) is 5.92 Å². The van der Waals surface area contributed by atoms with Gasteiger partial charge in [-0.1, -0.05) is 45.7 Å². The van der Waals surface area contributed by atoms with Crippen molar-refractivity contribution >= 4 is 53.7 Å². The molecular weight excluding hydrogens is 414 g/mol. The highest BCUT2D eigenvalue weighted by Crippen LogP contribution is 2.22. The number of carbonyl (C=O) groups excluding carboxylic acids is 1. The van der Waals surface area contributed by atoms with E-state index in [0.717, 1.165) is 14.3 Å². The SMILES string of the molecule is CC(C)C(CBr)NC(=O)c1ccc(Br)cc1Br.